The van der Waals surface area contributed by atoms with Crippen molar-refractivity contribution in [1.82, 2.24) is 0 Å². The second-order valence-electron chi connectivity index (χ2n) is 19.3. The molecule has 1 nitrogen and oxygen atoms in total. The van der Waals surface area contributed by atoms with Crippen LogP contribution in [0.2, 0.25) is 0 Å². The van der Waals surface area contributed by atoms with Crippen LogP contribution in [0, 0.1) is 0 Å². The van der Waals surface area contributed by atoms with Gasteiger partial charge in [0.25, 0.3) is 0 Å². The molecule has 0 amide bonds. The summed E-state index contributed by atoms with van der Waals surface area (Å²) in [7, 11) is 0. The number of fused-ring (bicyclic) bond motifs is 6. The second kappa shape index (κ2) is 19.3. The Bertz CT molecular complexity index is 4360. The van der Waals surface area contributed by atoms with Crippen LogP contribution in [0.5, 0.6) is 0 Å². The molecule has 0 radical (unpaired) electrons. The molecule has 0 aliphatic heterocycles. The molecule has 0 N–H and O–H groups in total. The molecule has 0 heterocycles. The third-order valence-corrected chi connectivity index (χ3v) is 14.9. The van der Waals surface area contributed by atoms with Crippen molar-refractivity contribution in [3.8, 4) is 44.5 Å². The van der Waals surface area contributed by atoms with Crippen molar-refractivity contribution in [3.63, 3.8) is 0 Å². The van der Waals surface area contributed by atoms with Crippen molar-refractivity contribution in [2.75, 3.05) is 4.90 Å². The first-order chi connectivity index (χ1) is 37.1. The second-order valence-corrected chi connectivity index (χ2v) is 19.3. The normalized spacial score (nSPS) is 11.9. The number of anilines is 3. The first-order valence-corrected chi connectivity index (χ1v) is 25.7. The van der Waals surface area contributed by atoms with E-state index in [4.69, 9.17) is 0 Å². The quantitative estimate of drug-likeness (QED) is 0.0922. The Morgan fingerprint density at radius 3 is 1.17 bits per heavy atom. The minimum atomic E-state index is 1.01. The van der Waals surface area contributed by atoms with E-state index in [-0.39, 0.29) is 0 Å². The van der Waals surface area contributed by atoms with Crippen LogP contribution in [-0.2, 0) is 0 Å². The fraction of sp³-hybridized carbons (Fsp3) is 0. The summed E-state index contributed by atoms with van der Waals surface area (Å²) in [6, 6.07) is 93.9. The molecule has 0 atom stereocenters. The average Bonchev–Trinajstić information content (AvgIpc) is 3.48. The highest BCUT2D eigenvalue weighted by molar-refractivity contribution is 6.25. The highest BCUT2D eigenvalue weighted by atomic mass is 15.1. The van der Waals surface area contributed by atoms with Crippen LogP contribution >= 0.6 is 0 Å². The molecule has 0 fully saturated rings. The lowest BCUT2D eigenvalue weighted by Gasteiger charge is -2.26. The summed E-state index contributed by atoms with van der Waals surface area (Å²) >= 11 is 0. The zero-order valence-electron chi connectivity index (χ0n) is 41.5. The Kier molecular flexibility index (Phi) is 11.6. The van der Waals surface area contributed by atoms with Gasteiger partial charge in [-0.05, 0) is 175 Å². The lowest BCUT2D eigenvalue weighted by molar-refractivity contribution is 1.28. The van der Waals surface area contributed by atoms with Gasteiger partial charge in [-0.1, -0.05) is 244 Å². The van der Waals surface area contributed by atoms with Crippen LogP contribution in [0.25, 0.3) is 115 Å². The predicted octanol–water partition coefficient (Wildman–Crippen LogP) is 21.1. The Balaban J connectivity index is 0.985. The molecule has 0 saturated heterocycles. The van der Waals surface area contributed by atoms with Crippen LogP contribution in [0.1, 0.15) is 5.56 Å². The van der Waals surface area contributed by atoms with Gasteiger partial charge in [-0.25, -0.2) is 0 Å². The van der Waals surface area contributed by atoms with Crippen LogP contribution < -0.4 is 4.90 Å². The highest BCUT2D eigenvalue weighted by Gasteiger charge is 2.22. The molecule has 13 aromatic rings. The Morgan fingerprint density at radius 2 is 0.680 bits per heavy atom. The van der Waals surface area contributed by atoms with Gasteiger partial charge in [0, 0.05) is 17.1 Å². The van der Waals surface area contributed by atoms with E-state index in [1.807, 2.05) is 12.2 Å². The van der Waals surface area contributed by atoms with Gasteiger partial charge in [0.05, 0.1) is 0 Å². The number of hydrogen-bond donors (Lipinski definition) is 0. The van der Waals surface area contributed by atoms with Gasteiger partial charge in [0.15, 0.2) is 0 Å². The van der Waals surface area contributed by atoms with E-state index in [0.717, 1.165) is 28.2 Å². The molecule has 0 aromatic heterocycles. The molecule has 0 unspecified atom stereocenters. The largest absolute Gasteiger partial charge is 0.311 e. The maximum atomic E-state index is 3.94. The topological polar surface area (TPSA) is 3.24 Å². The standard InChI is InChI=1S/C74H51N/c1-3-18-50(4-2)31-32-51-33-42-61(43-34-51)75(60-23-6-5-7-24-60)62-44-39-54(40-45-62)71-63-25-12-14-27-65(63)73(66-28-15-13-26-64(66)71)59-41-46-69-70(49-59)74(58-38-36-53-20-9-11-22-56(53)48-58)68-30-17-16-29-67(68)72(69)57-37-35-52-19-8-10-21-55(52)47-57/h3-49H,1-2H2/b32-31+,50-18+. The van der Waals surface area contributed by atoms with Gasteiger partial charge >= 0.3 is 0 Å². The fourth-order valence-electron chi connectivity index (χ4n) is 11.5. The van der Waals surface area contributed by atoms with Gasteiger partial charge in [-0.15, -0.1) is 0 Å². The van der Waals surface area contributed by atoms with Gasteiger partial charge in [-0.2, -0.15) is 0 Å². The number of para-hydroxylation sites is 1. The smallest absolute Gasteiger partial charge is 0.0462 e. The number of nitrogens with zero attached hydrogens (tertiary/aromatic N) is 1. The number of benzene rings is 13. The molecule has 0 spiro atoms. The molecular weight excluding hydrogens is 903 g/mol. The summed E-state index contributed by atoms with van der Waals surface area (Å²) < 4.78 is 0. The van der Waals surface area contributed by atoms with Crippen LogP contribution in [0.4, 0.5) is 17.1 Å². The van der Waals surface area contributed by atoms with E-state index in [1.54, 1.807) is 6.08 Å². The Labute approximate surface area is 438 Å². The van der Waals surface area contributed by atoms with E-state index in [0.29, 0.717) is 0 Å². The number of rotatable bonds is 11. The molecule has 13 rings (SSSR count). The monoisotopic (exact) mass is 953 g/mol. The lowest BCUT2D eigenvalue weighted by Crippen LogP contribution is -2.09. The summed E-state index contributed by atoms with van der Waals surface area (Å²) in [6.45, 7) is 7.78. The molecular formula is C74H51N. The summed E-state index contributed by atoms with van der Waals surface area (Å²) in [5, 5.41) is 14.8. The summed E-state index contributed by atoms with van der Waals surface area (Å²) in [5.74, 6) is 0. The van der Waals surface area contributed by atoms with Crippen LogP contribution in [0.15, 0.2) is 298 Å². The summed E-state index contributed by atoms with van der Waals surface area (Å²) in [4.78, 5) is 2.32. The first kappa shape index (κ1) is 45.1. The number of hydrogen-bond acceptors (Lipinski definition) is 1. The Morgan fingerprint density at radius 1 is 0.307 bits per heavy atom. The molecule has 0 aliphatic rings. The van der Waals surface area contributed by atoms with Gasteiger partial charge < -0.3 is 4.90 Å². The average molecular weight is 954 g/mol. The highest BCUT2D eigenvalue weighted by Crippen LogP contribution is 2.49. The maximum Gasteiger partial charge on any atom is 0.0462 e. The van der Waals surface area contributed by atoms with Crippen molar-refractivity contribution in [1.29, 1.82) is 0 Å². The van der Waals surface area contributed by atoms with E-state index in [1.165, 1.54) is 109 Å². The minimum Gasteiger partial charge on any atom is -0.311 e. The van der Waals surface area contributed by atoms with Crippen molar-refractivity contribution in [3.05, 3.63) is 303 Å². The van der Waals surface area contributed by atoms with E-state index in [2.05, 4.69) is 285 Å². The molecule has 0 bridgehead atoms. The van der Waals surface area contributed by atoms with Crippen LogP contribution in [0.3, 0.4) is 0 Å². The molecule has 0 aliphatic carbocycles. The fourth-order valence-corrected chi connectivity index (χ4v) is 11.5. The van der Waals surface area contributed by atoms with Crippen molar-refractivity contribution >= 4 is 87.8 Å². The summed E-state index contributed by atoms with van der Waals surface area (Å²) in [5.41, 5.74) is 15.1. The van der Waals surface area contributed by atoms with Gasteiger partial charge in [0.2, 0.25) is 0 Å². The van der Waals surface area contributed by atoms with Crippen molar-refractivity contribution in [2.24, 2.45) is 0 Å². The third kappa shape index (κ3) is 8.18. The molecule has 352 valence electrons. The maximum absolute atomic E-state index is 3.94. The lowest BCUT2D eigenvalue weighted by atomic mass is 9.82. The first-order valence-electron chi connectivity index (χ1n) is 25.7. The molecule has 0 saturated carbocycles. The van der Waals surface area contributed by atoms with Gasteiger partial charge in [0.1, 0.15) is 0 Å². The predicted molar refractivity (Wildman–Crippen MR) is 325 cm³/mol. The van der Waals surface area contributed by atoms with Gasteiger partial charge in [-0.3, -0.25) is 0 Å². The van der Waals surface area contributed by atoms with Crippen LogP contribution in [-0.4, -0.2) is 0 Å². The molecule has 1 heteroatoms. The SMILES string of the molecule is C=C/C=C(C=C)/C=C/c1ccc(N(c2ccccc2)c2ccc(-c3c4ccccc4c(-c4ccc5c(-c6ccc7ccccc7c6)c6ccccc6c(-c6ccc7ccccc7c6)c5c4)c4ccccc34)cc2)cc1. The number of allylic oxidation sites excluding steroid dienone is 5. The van der Waals surface area contributed by atoms with Crippen molar-refractivity contribution in [2.45, 2.75) is 0 Å². The van der Waals surface area contributed by atoms with E-state index >= 15 is 0 Å². The zero-order chi connectivity index (χ0) is 50.2. The minimum absolute atomic E-state index is 1.01. The van der Waals surface area contributed by atoms with E-state index < -0.39 is 0 Å². The van der Waals surface area contributed by atoms with Crippen molar-refractivity contribution < 1.29 is 0 Å². The van der Waals surface area contributed by atoms with E-state index in [9.17, 15) is 0 Å². The Hall–Kier alpha value is -9.82. The molecule has 75 heavy (non-hydrogen) atoms. The molecule has 13 aromatic carbocycles. The summed E-state index contributed by atoms with van der Waals surface area (Å²) in [6.07, 6.45) is 9.75. The third-order valence-electron chi connectivity index (χ3n) is 14.9. The zero-order valence-corrected chi connectivity index (χ0v) is 41.5.